The number of aromatic nitrogens is 2. The fraction of sp³-hybridized carbons (Fsp3) is 0.429. The Morgan fingerprint density at radius 3 is 2.43 bits per heavy atom. The Morgan fingerprint density at radius 1 is 1.14 bits per heavy atom. The summed E-state index contributed by atoms with van der Waals surface area (Å²) in [4.78, 5) is 29.8. The third-order valence-electron chi connectivity index (χ3n) is 3.28. The van der Waals surface area contributed by atoms with Crippen molar-refractivity contribution >= 4 is 11.8 Å². The standard InChI is InChI=1S/C10H14N2O2.C9H12N2O.C2H6.2H2/c1-3-10(13)12-6-8-4-9(14-2)7-11-5-8;1-7-4-3-5-9(11-7)6-10-8(2)12;1-2;;/h4-5,7H,3,6H2,1-2H3,(H,12,13);3-5H,6H2,1-2H3,(H,10,12);1-2H3;2*1H. The van der Waals surface area contributed by atoms with Crippen LogP contribution in [-0.4, -0.2) is 28.9 Å². The second kappa shape index (κ2) is 15.1. The van der Waals surface area contributed by atoms with Crippen molar-refractivity contribution in [2.24, 2.45) is 0 Å². The van der Waals surface area contributed by atoms with Crippen molar-refractivity contribution in [1.29, 1.82) is 0 Å². The van der Waals surface area contributed by atoms with Crippen molar-refractivity contribution in [3.8, 4) is 5.75 Å². The van der Waals surface area contributed by atoms with Gasteiger partial charge in [-0.3, -0.25) is 19.6 Å². The van der Waals surface area contributed by atoms with Crippen molar-refractivity contribution in [1.82, 2.24) is 20.6 Å². The molecule has 0 aliphatic heterocycles. The zero-order valence-corrected chi connectivity index (χ0v) is 17.7. The van der Waals surface area contributed by atoms with Gasteiger partial charge >= 0.3 is 0 Å². The summed E-state index contributed by atoms with van der Waals surface area (Å²) in [7, 11) is 1.59. The molecule has 2 N–H and O–H groups in total. The Morgan fingerprint density at radius 2 is 1.86 bits per heavy atom. The number of ether oxygens (including phenoxy) is 1. The highest BCUT2D eigenvalue weighted by Crippen LogP contribution is 2.09. The van der Waals surface area contributed by atoms with Crippen molar-refractivity contribution in [2.45, 2.75) is 54.1 Å². The van der Waals surface area contributed by atoms with Crippen LogP contribution in [0.25, 0.3) is 0 Å². The lowest BCUT2D eigenvalue weighted by molar-refractivity contribution is -0.121. The number of methoxy groups -OCH3 is 1. The molecule has 2 aromatic rings. The second-order valence-corrected chi connectivity index (χ2v) is 5.54. The fourth-order valence-corrected chi connectivity index (χ4v) is 1.91. The maximum absolute atomic E-state index is 11.0. The summed E-state index contributed by atoms with van der Waals surface area (Å²) in [6.07, 6.45) is 3.83. The van der Waals surface area contributed by atoms with E-state index in [1.165, 1.54) is 6.92 Å². The largest absolute Gasteiger partial charge is 0.495 e. The van der Waals surface area contributed by atoms with Gasteiger partial charge in [-0.1, -0.05) is 26.8 Å². The number of aryl methyl sites for hydroxylation is 1. The average molecular weight is 393 g/mol. The van der Waals surface area contributed by atoms with Gasteiger partial charge in [0.05, 0.1) is 25.5 Å². The molecule has 0 spiro atoms. The van der Waals surface area contributed by atoms with Crippen LogP contribution in [0.4, 0.5) is 0 Å². The number of amides is 2. The molecule has 2 amide bonds. The summed E-state index contributed by atoms with van der Waals surface area (Å²) >= 11 is 0. The molecule has 0 aromatic carbocycles. The van der Waals surface area contributed by atoms with Crippen LogP contribution in [0.3, 0.4) is 0 Å². The van der Waals surface area contributed by atoms with Crippen molar-refractivity contribution < 1.29 is 17.2 Å². The van der Waals surface area contributed by atoms with Crippen LogP contribution in [0.15, 0.2) is 36.7 Å². The van der Waals surface area contributed by atoms with Gasteiger partial charge in [0.25, 0.3) is 0 Å². The smallest absolute Gasteiger partial charge is 0.219 e. The first-order chi connectivity index (χ1) is 13.4. The Labute approximate surface area is 170 Å². The van der Waals surface area contributed by atoms with Gasteiger partial charge in [-0.05, 0) is 30.7 Å². The summed E-state index contributed by atoms with van der Waals surface area (Å²) < 4.78 is 5.01. The van der Waals surface area contributed by atoms with E-state index in [0.717, 1.165) is 17.0 Å². The van der Waals surface area contributed by atoms with Crippen molar-refractivity contribution in [3.05, 3.63) is 53.6 Å². The molecule has 7 nitrogen and oxygen atoms in total. The molecule has 2 rings (SSSR count). The molecule has 7 heteroatoms. The van der Waals surface area contributed by atoms with Gasteiger partial charge in [-0.15, -0.1) is 0 Å². The number of carbonyl (C=O) groups is 2. The number of rotatable bonds is 6. The summed E-state index contributed by atoms with van der Waals surface area (Å²) in [6, 6.07) is 7.60. The van der Waals surface area contributed by atoms with E-state index in [2.05, 4.69) is 20.6 Å². The van der Waals surface area contributed by atoms with E-state index in [1.54, 1.807) is 19.5 Å². The van der Waals surface area contributed by atoms with Crippen LogP contribution in [0.2, 0.25) is 0 Å². The van der Waals surface area contributed by atoms with Gasteiger partial charge in [-0.25, -0.2) is 0 Å². The number of pyridine rings is 2. The molecule has 0 fully saturated rings. The normalized spacial score (nSPS) is 9.07. The van der Waals surface area contributed by atoms with Crippen LogP contribution in [0.5, 0.6) is 5.75 Å². The maximum atomic E-state index is 11.0. The molecule has 0 saturated heterocycles. The lowest BCUT2D eigenvalue weighted by Gasteiger charge is -2.04. The first-order valence-electron chi connectivity index (χ1n) is 9.36. The van der Waals surface area contributed by atoms with E-state index >= 15 is 0 Å². The lowest BCUT2D eigenvalue weighted by Crippen LogP contribution is -2.21. The van der Waals surface area contributed by atoms with E-state index < -0.39 is 0 Å². The summed E-state index contributed by atoms with van der Waals surface area (Å²) in [5, 5.41) is 5.45. The Kier molecular flexibility index (Phi) is 13.5. The number of nitrogens with one attached hydrogen (secondary N) is 2. The quantitative estimate of drug-likeness (QED) is 0.782. The topological polar surface area (TPSA) is 93.2 Å². The predicted octanol–water partition coefficient (Wildman–Crippen LogP) is 3.66. The highest BCUT2D eigenvalue weighted by Gasteiger charge is 1.99. The molecule has 0 bridgehead atoms. The van der Waals surface area contributed by atoms with Gasteiger partial charge in [0, 0.05) is 34.6 Å². The molecular weight excluding hydrogens is 356 g/mol. The zero-order valence-electron chi connectivity index (χ0n) is 17.7. The first-order valence-corrected chi connectivity index (χ1v) is 9.36. The van der Waals surface area contributed by atoms with Crippen molar-refractivity contribution in [2.75, 3.05) is 7.11 Å². The minimum absolute atomic E-state index is 0. The highest BCUT2D eigenvalue weighted by atomic mass is 16.5. The van der Waals surface area contributed by atoms with Crippen LogP contribution in [-0.2, 0) is 22.7 Å². The Balaban J connectivity index is -0.000000426. The van der Waals surface area contributed by atoms with Crippen molar-refractivity contribution in [3.63, 3.8) is 0 Å². The van der Waals surface area contributed by atoms with Gasteiger partial charge in [0.2, 0.25) is 11.8 Å². The van der Waals surface area contributed by atoms with E-state index in [-0.39, 0.29) is 14.7 Å². The molecule has 0 aliphatic rings. The molecule has 0 radical (unpaired) electrons. The highest BCUT2D eigenvalue weighted by molar-refractivity contribution is 5.75. The third-order valence-corrected chi connectivity index (χ3v) is 3.28. The number of hydrogen-bond donors (Lipinski definition) is 2. The Hall–Kier alpha value is -2.96. The SMILES string of the molecule is CC.CC(=O)NCc1cccc(C)n1.CCC(=O)NCc1cncc(OC)c1.[HH].[HH]. The fourth-order valence-electron chi connectivity index (χ4n) is 1.91. The molecule has 2 heterocycles. The minimum atomic E-state index is -0.0293. The third kappa shape index (κ3) is 11.6. The lowest BCUT2D eigenvalue weighted by atomic mass is 10.2. The molecular formula is C21H36N4O3. The monoisotopic (exact) mass is 392 g/mol. The van der Waals surface area contributed by atoms with Crippen LogP contribution in [0, 0.1) is 6.92 Å². The molecule has 158 valence electrons. The summed E-state index contributed by atoms with van der Waals surface area (Å²) in [6.45, 7) is 10.3. The summed E-state index contributed by atoms with van der Waals surface area (Å²) in [5.74, 6) is 0.708. The van der Waals surface area contributed by atoms with Gasteiger partial charge in [-0.2, -0.15) is 0 Å². The molecule has 0 saturated carbocycles. The number of nitrogens with zero attached hydrogens (tertiary/aromatic N) is 2. The first kappa shape index (κ1) is 25.0. The van der Waals surface area contributed by atoms with Gasteiger partial charge < -0.3 is 15.4 Å². The van der Waals surface area contributed by atoms with E-state index in [0.29, 0.717) is 25.3 Å². The van der Waals surface area contributed by atoms with E-state index in [1.807, 2.05) is 52.0 Å². The van der Waals surface area contributed by atoms with Crippen LogP contribution >= 0.6 is 0 Å². The van der Waals surface area contributed by atoms with Crippen LogP contribution in [0.1, 0.15) is 53.9 Å². The number of carbonyl (C=O) groups excluding carboxylic acids is 2. The molecule has 0 unspecified atom stereocenters. The molecule has 2 aromatic heterocycles. The molecule has 0 atom stereocenters. The molecule has 0 aliphatic carbocycles. The second-order valence-electron chi connectivity index (χ2n) is 5.54. The van der Waals surface area contributed by atoms with E-state index in [4.69, 9.17) is 4.74 Å². The van der Waals surface area contributed by atoms with Gasteiger partial charge in [0.1, 0.15) is 5.75 Å². The predicted molar refractivity (Wildman–Crippen MR) is 115 cm³/mol. The van der Waals surface area contributed by atoms with Crippen LogP contribution < -0.4 is 15.4 Å². The summed E-state index contributed by atoms with van der Waals surface area (Å²) in [5.41, 5.74) is 2.80. The average Bonchev–Trinajstić information content (AvgIpc) is 2.72. The zero-order chi connectivity index (χ0) is 21.4. The minimum Gasteiger partial charge on any atom is -0.495 e. The Bertz CT molecular complexity index is 731. The molecule has 28 heavy (non-hydrogen) atoms. The van der Waals surface area contributed by atoms with E-state index in [9.17, 15) is 9.59 Å². The number of hydrogen-bond acceptors (Lipinski definition) is 5. The maximum Gasteiger partial charge on any atom is 0.219 e. The van der Waals surface area contributed by atoms with Gasteiger partial charge in [0.15, 0.2) is 0 Å².